The zero-order valence-electron chi connectivity index (χ0n) is 24.3. The molecule has 4 rings (SSSR count). The predicted molar refractivity (Wildman–Crippen MR) is 168 cm³/mol. The van der Waals surface area contributed by atoms with Gasteiger partial charge in [-0.1, -0.05) is 48.6 Å². The highest BCUT2D eigenvalue weighted by Gasteiger charge is 2.34. The fourth-order valence-electron chi connectivity index (χ4n) is 4.66. The maximum atomic E-state index is 14.5. The number of phenolic OH excluding ortho intramolecular Hbond substituents is 2. The first-order valence-corrected chi connectivity index (χ1v) is 15.0. The van der Waals surface area contributed by atoms with Crippen LogP contribution in [0.5, 0.6) is 11.5 Å². The van der Waals surface area contributed by atoms with Crippen LogP contribution in [0.1, 0.15) is 32.8 Å². The SMILES string of the molecule is O=[N+]([O-])c1cc(C=CC(c2ccc(F)cc2)S(=O)(=O)C(C=Cc2cc([N+](=O)[O-])cc([N+](=O)[O-])c2O)c2ccc(F)cc2)c(O)c([N+](=O)[O-])c1. The smallest absolute Gasteiger partial charge is 0.318 e. The third kappa shape index (κ3) is 7.68. The number of halogens is 2. The molecule has 252 valence electrons. The van der Waals surface area contributed by atoms with Gasteiger partial charge < -0.3 is 10.2 Å². The van der Waals surface area contributed by atoms with Crippen molar-refractivity contribution >= 4 is 44.7 Å². The standard InChI is InChI=1S/C30H20F2N4O12S/c31-21-7-1-17(2-8-21)27(11-5-19-13-23(33(39)40)15-25(29(19)37)35(43)44)49(47,48)28(18-3-9-22(32)10-4-18)12-6-20-14-24(34(41)42)16-26(30(20)38)36(45)46/h1-16,27-28,37-38H. The monoisotopic (exact) mass is 698 g/mol. The summed E-state index contributed by atoms with van der Waals surface area (Å²) in [4.78, 5) is 41.5. The molecule has 0 aliphatic carbocycles. The maximum absolute atomic E-state index is 14.5. The summed E-state index contributed by atoms with van der Waals surface area (Å²) in [6.07, 6.45) is 3.49. The minimum absolute atomic E-state index is 0.119. The van der Waals surface area contributed by atoms with Crippen LogP contribution in [-0.4, -0.2) is 38.3 Å². The van der Waals surface area contributed by atoms with Crippen LogP contribution in [0.4, 0.5) is 31.5 Å². The van der Waals surface area contributed by atoms with Crippen molar-refractivity contribution in [1.82, 2.24) is 0 Å². The lowest BCUT2D eigenvalue weighted by atomic mass is 10.1. The zero-order valence-corrected chi connectivity index (χ0v) is 25.1. The molecule has 0 bridgehead atoms. The maximum Gasteiger partial charge on any atom is 0.318 e. The van der Waals surface area contributed by atoms with Crippen molar-refractivity contribution in [2.45, 2.75) is 10.5 Å². The number of benzene rings is 4. The summed E-state index contributed by atoms with van der Waals surface area (Å²) in [6.45, 7) is 0. The molecule has 0 saturated carbocycles. The van der Waals surface area contributed by atoms with Gasteiger partial charge in [0.1, 0.15) is 22.1 Å². The number of sulfone groups is 1. The number of nitro groups is 4. The van der Waals surface area contributed by atoms with Gasteiger partial charge in [-0.05, 0) is 35.4 Å². The molecule has 19 heteroatoms. The summed E-state index contributed by atoms with van der Waals surface area (Å²) in [5.74, 6) is -3.62. The minimum Gasteiger partial charge on any atom is -0.502 e. The summed E-state index contributed by atoms with van der Waals surface area (Å²) in [7, 11) is -4.78. The molecule has 0 amide bonds. The van der Waals surface area contributed by atoms with E-state index in [1.807, 2.05) is 0 Å². The second kappa shape index (κ2) is 14.0. The second-order valence-corrected chi connectivity index (χ2v) is 12.3. The average molecular weight is 699 g/mol. The Morgan fingerprint density at radius 3 is 1.18 bits per heavy atom. The van der Waals surface area contributed by atoms with Crippen LogP contribution in [-0.2, 0) is 9.84 Å². The summed E-state index contributed by atoms with van der Waals surface area (Å²) < 4.78 is 56.7. The quantitative estimate of drug-likeness (QED) is 0.117. The number of non-ortho nitro benzene ring substituents is 2. The Hall–Kier alpha value is -6.63. The van der Waals surface area contributed by atoms with Gasteiger partial charge in [0.05, 0.1) is 31.8 Å². The highest BCUT2D eigenvalue weighted by molar-refractivity contribution is 7.92. The van der Waals surface area contributed by atoms with Crippen LogP contribution >= 0.6 is 0 Å². The Kier molecular flexibility index (Phi) is 10.1. The summed E-state index contributed by atoms with van der Waals surface area (Å²) >= 11 is 0. The molecular weight excluding hydrogens is 678 g/mol. The highest BCUT2D eigenvalue weighted by atomic mass is 32.2. The minimum atomic E-state index is -4.78. The highest BCUT2D eigenvalue weighted by Crippen LogP contribution is 2.41. The van der Waals surface area contributed by atoms with Gasteiger partial charge in [-0.3, -0.25) is 40.5 Å². The molecule has 0 aromatic heterocycles. The molecule has 2 atom stereocenters. The molecule has 2 N–H and O–H groups in total. The zero-order chi connectivity index (χ0) is 36.2. The van der Waals surface area contributed by atoms with Crippen LogP contribution in [0.3, 0.4) is 0 Å². The Labute approximate surface area is 273 Å². The van der Waals surface area contributed by atoms with Gasteiger partial charge in [0.15, 0.2) is 9.84 Å². The van der Waals surface area contributed by atoms with E-state index in [-0.39, 0.29) is 11.1 Å². The number of aromatic hydroxyl groups is 2. The largest absolute Gasteiger partial charge is 0.502 e. The molecule has 0 saturated heterocycles. The summed E-state index contributed by atoms with van der Waals surface area (Å²) in [5.41, 5.74) is -5.07. The fraction of sp³-hybridized carbons (Fsp3) is 0.0667. The first-order chi connectivity index (χ1) is 23.0. The third-order valence-electron chi connectivity index (χ3n) is 7.03. The summed E-state index contributed by atoms with van der Waals surface area (Å²) in [5, 5.41) is 63.0. The Balaban J connectivity index is 1.96. The van der Waals surface area contributed by atoms with Crippen LogP contribution < -0.4 is 0 Å². The third-order valence-corrected chi connectivity index (χ3v) is 9.30. The van der Waals surface area contributed by atoms with Gasteiger partial charge in [0, 0.05) is 23.3 Å². The van der Waals surface area contributed by atoms with Crippen molar-refractivity contribution in [1.29, 1.82) is 0 Å². The van der Waals surface area contributed by atoms with Crippen LogP contribution in [0.2, 0.25) is 0 Å². The number of phenols is 2. The van der Waals surface area contributed by atoms with Crippen LogP contribution in [0.15, 0.2) is 84.9 Å². The van der Waals surface area contributed by atoms with Crippen molar-refractivity contribution in [3.05, 3.63) is 159 Å². The molecule has 0 radical (unpaired) electrons. The van der Waals surface area contributed by atoms with E-state index in [9.17, 15) is 67.9 Å². The van der Waals surface area contributed by atoms with Crippen LogP contribution in [0.25, 0.3) is 12.2 Å². The van der Waals surface area contributed by atoms with Gasteiger partial charge in [-0.25, -0.2) is 17.2 Å². The molecule has 0 fully saturated rings. The Morgan fingerprint density at radius 1 is 0.571 bits per heavy atom. The van der Waals surface area contributed by atoms with Crippen molar-refractivity contribution in [3.8, 4) is 11.5 Å². The molecule has 0 aliphatic heterocycles. The second-order valence-electron chi connectivity index (χ2n) is 10.1. The first kappa shape index (κ1) is 35.2. The van der Waals surface area contributed by atoms with Crippen molar-refractivity contribution in [2.75, 3.05) is 0 Å². The lowest BCUT2D eigenvalue weighted by molar-refractivity contribution is -0.395. The summed E-state index contributed by atoms with van der Waals surface area (Å²) in [6, 6.07) is 10.4. The molecule has 0 heterocycles. The van der Waals surface area contributed by atoms with Crippen molar-refractivity contribution in [3.63, 3.8) is 0 Å². The van der Waals surface area contributed by atoms with Crippen molar-refractivity contribution in [2.24, 2.45) is 0 Å². The van der Waals surface area contributed by atoms with E-state index in [4.69, 9.17) is 0 Å². The van der Waals surface area contributed by atoms with Crippen LogP contribution in [0, 0.1) is 52.1 Å². The van der Waals surface area contributed by atoms with Crippen molar-refractivity contribution < 1.29 is 47.1 Å². The van der Waals surface area contributed by atoms with E-state index in [1.165, 1.54) is 0 Å². The van der Waals surface area contributed by atoms with Gasteiger partial charge in [-0.15, -0.1) is 0 Å². The average Bonchev–Trinajstić information content (AvgIpc) is 3.03. The molecule has 4 aromatic rings. The number of nitrogens with zero attached hydrogens (tertiary/aromatic N) is 4. The Bertz CT molecular complexity index is 2010. The van der Waals surface area contributed by atoms with E-state index in [0.29, 0.717) is 12.1 Å². The van der Waals surface area contributed by atoms with Gasteiger partial charge in [0.25, 0.3) is 11.4 Å². The number of rotatable bonds is 12. The predicted octanol–water partition coefficient (Wildman–Crippen LogP) is 6.63. The van der Waals surface area contributed by atoms with E-state index >= 15 is 0 Å². The fourth-order valence-corrected chi connectivity index (χ4v) is 6.64. The molecule has 0 spiro atoms. The number of nitro benzene ring substituents is 4. The molecule has 16 nitrogen and oxygen atoms in total. The topological polar surface area (TPSA) is 247 Å². The van der Waals surface area contributed by atoms with Gasteiger partial charge >= 0.3 is 11.4 Å². The Morgan fingerprint density at radius 2 is 0.898 bits per heavy atom. The number of hydrogen-bond donors (Lipinski definition) is 2. The lowest BCUT2D eigenvalue weighted by Gasteiger charge is -2.22. The number of hydrogen-bond acceptors (Lipinski definition) is 12. The first-order valence-electron chi connectivity index (χ1n) is 13.4. The lowest BCUT2D eigenvalue weighted by Crippen LogP contribution is -2.19. The normalized spacial score (nSPS) is 12.9. The molecule has 0 aliphatic rings. The van der Waals surface area contributed by atoms with E-state index < -0.39 is 97.0 Å². The van der Waals surface area contributed by atoms with Gasteiger partial charge in [-0.2, -0.15) is 0 Å². The van der Waals surface area contributed by atoms with E-state index in [0.717, 1.165) is 85.0 Å². The van der Waals surface area contributed by atoms with Gasteiger partial charge in [0.2, 0.25) is 11.5 Å². The van der Waals surface area contributed by atoms with E-state index in [2.05, 4.69) is 0 Å². The molecule has 2 unspecified atom stereocenters. The molecular formula is C30H20F2N4O12S. The van der Waals surface area contributed by atoms with E-state index in [1.54, 1.807) is 0 Å². The molecule has 49 heavy (non-hydrogen) atoms. The molecule has 4 aromatic carbocycles.